The van der Waals surface area contributed by atoms with E-state index in [2.05, 4.69) is 9.89 Å². The Kier molecular flexibility index (Phi) is 5.15. The van der Waals surface area contributed by atoms with Gasteiger partial charge in [0.05, 0.1) is 5.69 Å². The second-order valence-corrected chi connectivity index (χ2v) is 5.82. The van der Waals surface area contributed by atoms with Gasteiger partial charge in [0.1, 0.15) is 5.75 Å². The normalized spacial score (nSPS) is 14.6. The minimum Gasteiger partial charge on any atom is -0.435 e. The molecule has 0 saturated carbocycles. The molecule has 1 aliphatic rings. The van der Waals surface area contributed by atoms with Gasteiger partial charge in [0.25, 0.3) is 11.8 Å². The maximum absolute atomic E-state index is 12.5. The molecule has 0 bridgehead atoms. The van der Waals surface area contributed by atoms with E-state index in [1.54, 1.807) is 22.8 Å². The number of benzene rings is 1. The fraction of sp³-hybridized carbons (Fsp3) is 0.353. The number of ether oxygens (including phenoxy) is 1. The molecule has 1 saturated heterocycles. The van der Waals surface area contributed by atoms with Crippen LogP contribution in [0.1, 0.15) is 26.6 Å². The molecule has 0 N–H and O–H groups in total. The largest absolute Gasteiger partial charge is 0.435 e. The number of rotatable bonds is 4. The molecule has 1 fully saturated rings. The van der Waals surface area contributed by atoms with Crippen LogP contribution in [0, 0.1) is 6.92 Å². The molecule has 26 heavy (non-hydrogen) atoms. The van der Waals surface area contributed by atoms with Crippen molar-refractivity contribution in [3.63, 3.8) is 0 Å². The Labute approximate surface area is 148 Å². The molecule has 1 aromatic carbocycles. The minimum absolute atomic E-state index is 0.0691. The van der Waals surface area contributed by atoms with Gasteiger partial charge in [0, 0.05) is 37.8 Å². The Bertz CT molecular complexity index is 801. The van der Waals surface area contributed by atoms with Crippen LogP contribution in [0.2, 0.25) is 0 Å². The Morgan fingerprint density at radius 3 is 2.35 bits per heavy atom. The van der Waals surface area contributed by atoms with Crippen LogP contribution in [0.25, 0.3) is 0 Å². The third kappa shape index (κ3) is 3.98. The fourth-order valence-corrected chi connectivity index (χ4v) is 2.72. The van der Waals surface area contributed by atoms with E-state index in [1.165, 1.54) is 24.3 Å². The molecule has 0 atom stereocenters. The number of hydrogen-bond donors (Lipinski definition) is 0. The van der Waals surface area contributed by atoms with Crippen molar-refractivity contribution in [1.82, 2.24) is 15.0 Å². The topological polar surface area (TPSA) is 75.9 Å². The quantitative estimate of drug-likeness (QED) is 0.830. The van der Waals surface area contributed by atoms with Crippen molar-refractivity contribution in [3.8, 4) is 5.75 Å². The molecule has 0 radical (unpaired) electrons. The molecule has 0 spiro atoms. The summed E-state index contributed by atoms with van der Waals surface area (Å²) in [7, 11) is 0. The van der Waals surface area contributed by atoms with Crippen LogP contribution in [-0.2, 0) is 0 Å². The first-order valence-electron chi connectivity index (χ1n) is 8.01. The van der Waals surface area contributed by atoms with Gasteiger partial charge in [-0.15, -0.1) is 0 Å². The Balaban J connectivity index is 1.61. The van der Waals surface area contributed by atoms with Crippen LogP contribution in [0.15, 0.2) is 34.9 Å². The highest BCUT2D eigenvalue weighted by atomic mass is 19.3. The predicted octanol–water partition coefficient (Wildman–Crippen LogP) is 2.18. The van der Waals surface area contributed by atoms with Crippen LogP contribution in [0.3, 0.4) is 0 Å². The smallest absolute Gasteiger partial charge is 0.387 e. The molecule has 1 aromatic heterocycles. The summed E-state index contributed by atoms with van der Waals surface area (Å²) in [5.74, 6) is -0.475. The summed E-state index contributed by atoms with van der Waals surface area (Å²) in [6.45, 7) is 0.127. The highest BCUT2D eigenvalue weighted by molar-refractivity contribution is 5.95. The van der Waals surface area contributed by atoms with Crippen molar-refractivity contribution in [2.75, 3.05) is 26.2 Å². The van der Waals surface area contributed by atoms with E-state index in [-0.39, 0.29) is 28.9 Å². The number of piperazine rings is 1. The Morgan fingerprint density at radius 1 is 1.12 bits per heavy atom. The average molecular weight is 365 g/mol. The first kappa shape index (κ1) is 17.8. The SMILES string of the molecule is Cc1cc(C(=O)N2CCN(C(=O)c3cccc(OC(F)F)c3)CC2)on1. The molecule has 2 heterocycles. The average Bonchev–Trinajstić information content (AvgIpc) is 3.07. The maximum Gasteiger partial charge on any atom is 0.387 e. The second kappa shape index (κ2) is 7.51. The molecule has 3 rings (SSSR count). The number of hydrogen-bond acceptors (Lipinski definition) is 5. The van der Waals surface area contributed by atoms with Gasteiger partial charge in [0.15, 0.2) is 0 Å². The molecule has 138 valence electrons. The first-order valence-corrected chi connectivity index (χ1v) is 8.01. The summed E-state index contributed by atoms with van der Waals surface area (Å²) in [5, 5.41) is 3.69. The lowest BCUT2D eigenvalue weighted by molar-refractivity contribution is -0.0499. The van der Waals surface area contributed by atoms with E-state index in [0.29, 0.717) is 31.9 Å². The van der Waals surface area contributed by atoms with Gasteiger partial charge >= 0.3 is 6.61 Å². The molecule has 9 heteroatoms. The summed E-state index contributed by atoms with van der Waals surface area (Å²) in [4.78, 5) is 28.0. The van der Waals surface area contributed by atoms with Gasteiger partial charge in [-0.1, -0.05) is 11.2 Å². The zero-order valence-electron chi connectivity index (χ0n) is 14.0. The summed E-state index contributed by atoms with van der Waals surface area (Å²) in [6, 6.07) is 7.23. The zero-order valence-corrected chi connectivity index (χ0v) is 14.0. The highest BCUT2D eigenvalue weighted by Gasteiger charge is 2.27. The summed E-state index contributed by atoms with van der Waals surface area (Å²) in [6.07, 6.45) is 0. The van der Waals surface area contributed by atoms with Crippen molar-refractivity contribution < 1.29 is 27.6 Å². The minimum atomic E-state index is -2.95. The second-order valence-electron chi connectivity index (χ2n) is 5.82. The monoisotopic (exact) mass is 365 g/mol. The summed E-state index contributed by atoms with van der Waals surface area (Å²) < 4.78 is 33.9. The van der Waals surface area contributed by atoms with Crippen LogP contribution >= 0.6 is 0 Å². The molecular weight excluding hydrogens is 348 g/mol. The lowest BCUT2D eigenvalue weighted by Gasteiger charge is -2.34. The number of carbonyl (C=O) groups is 2. The van der Waals surface area contributed by atoms with Gasteiger partial charge in [-0.2, -0.15) is 8.78 Å². The summed E-state index contributed by atoms with van der Waals surface area (Å²) in [5.41, 5.74) is 0.877. The lowest BCUT2D eigenvalue weighted by Crippen LogP contribution is -2.50. The van der Waals surface area contributed by atoms with Crippen molar-refractivity contribution in [2.45, 2.75) is 13.5 Å². The molecule has 7 nitrogen and oxygen atoms in total. The van der Waals surface area contributed by atoms with Crippen molar-refractivity contribution in [1.29, 1.82) is 0 Å². The molecule has 0 unspecified atom stereocenters. The van der Waals surface area contributed by atoms with Crippen molar-refractivity contribution in [2.24, 2.45) is 0 Å². The molecule has 1 aliphatic heterocycles. The number of nitrogens with zero attached hydrogens (tertiary/aromatic N) is 3. The molecule has 2 amide bonds. The number of aromatic nitrogens is 1. The standard InChI is InChI=1S/C17H17F2N3O4/c1-11-9-14(26-20-11)16(24)22-7-5-21(6-8-22)15(23)12-3-2-4-13(10-12)25-17(18)19/h2-4,9-10,17H,5-8H2,1H3. The van der Waals surface area contributed by atoms with Crippen molar-refractivity contribution in [3.05, 3.63) is 47.3 Å². The highest BCUT2D eigenvalue weighted by Crippen LogP contribution is 2.18. The Hall–Kier alpha value is -2.97. The van der Waals surface area contributed by atoms with Gasteiger partial charge in [-0.3, -0.25) is 9.59 Å². The third-order valence-electron chi connectivity index (χ3n) is 4.00. The van der Waals surface area contributed by atoms with Gasteiger partial charge in [-0.25, -0.2) is 0 Å². The number of amides is 2. The van der Waals surface area contributed by atoms with E-state index >= 15 is 0 Å². The number of alkyl halides is 2. The Morgan fingerprint density at radius 2 is 1.77 bits per heavy atom. The molecular formula is C17H17F2N3O4. The van der Waals surface area contributed by atoms with Crippen LogP contribution in [-0.4, -0.2) is 59.6 Å². The van der Waals surface area contributed by atoms with Crippen LogP contribution in [0.4, 0.5) is 8.78 Å². The van der Waals surface area contributed by atoms with Gasteiger partial charge < -0.3 is 19.1 Å². The lowest BCUT2D eigenvalue weighted by atomic mass is 10.1. The third-order valence-corrected chi connectivity index (χ3v) is 4.00. The van der Waals surface area contributed by atoms with E-state index in [1.807, 2.05) is 0 Å². The number of halogens is 2. The maximum atomic E-state index is 12.5. The molecule has 0 aliphatic carbocycles. The number of carbonyl (C=O) groups excluding carboxylic acids is 2. The molecule has 2 aromatic rings. The van der Waals surface area contributed by atoms with Gasteiger partial charge in [0.2, 0.25) is 5.76 Å². The van der Waals surface area contributed by atoms with E-state index in [4.69, 9.17) is 4.52 Å². The van der Waals surface area contributed by atoms with Crippen LogP contribution in [0.5, 0.6) is 5.75 Å². The predicted molar refractivity (Wildman–Crippen MR) is 86.1 cm³/mol. The fourth-order valence-electron chi connectivity index (χ4n) is 2.72. The van der Waals surface area contributed by atoms with Gasteiger partial charge in [-0.05, 0) is 25.1 Å². The zero-order chi connectivity index (χ0) is 18.7. The number of aryl methyl sites for hydroxylation is 1. The van der Waals surface area contributed by atoms with E-state index < -0.39 is 6.61 Å². The van der Waals surface area contributed by atoms with Crippen molar-refractivity contribution >= 4 is 11.8 Å². The van der Waals surface area contributed by atoms with E-state index in [0.717, 1.165) is 0 Å². The first-order chi connectivity index (χ1) is 12.4. The summed E-state index contributed by atoms with van der Waals surface area (Å²) >= 11 is 0. The van der Waals surface area contributed by atoms with Crippen LogP contribution < -0.4 is 4.74 Å². The van der Waals surface area contributed by atoms with E-state index in [9.17, 15) is 18.4 Å².